The number of nitrogens with zero attached hydrogens (tertiary/aromatic N) is 1. The number of carbonyl (C=O) groups is 2. The Bertz CT molecular complexity index is 250. The Balaban J connectivity index is 2.01. The number of carbonyl (C=O) groups excluding carboxylic acids is 2. The van der Waals surface area contributed by atoms with Crippen molar-refractivity contribution in [2.75, 3.05) is 0 Å². The van der Waals surface area contributed by atoms with Crippen molar-refractivity contribution in [2.45, 2.75) is 25.3 Å². The average molecular weight is 167 g/mol. The van der Waals surface area contributed by atoms with E-state index in [4.69, 9.17) is 0 Å². The first-order valence-corrected chi connectivity index (χ1v) is 3.96. The summed E-state index contributed by atoms with van der Waals surface area (Å²) in [5, 5.41) is 4.71. The van der Waals surface area contributed by atoms with Crippen LogP contribution >= 0.6 is 0 Å². The first-order valence-electron chi connectivity index (χ1n) is 3.96. The Hall–Kier alpha value is -1.39. The highest BCUT2D eigenvalue weighted by Crippen LogP contribution is 2.21. The van der Waals surface area contributed by atoms with Gasteiger partial charge in [0.15, 0.2) is 0 Å². The normalized spacial score (nSPS) is 23.2. The lowest BCUT2D eigenvalue weighted by Gasteiger charge is -2.20. The highest BCUT2D eigenvalue weighted by molar-refractivity contribution is 6.45. The summed E-state index contributed by atoms with van der Waals surface area (Å²) in [7, 11) is 0. The van der Waals surface area contributed by atoms with Crippen molar-refractivity contribution < 1.29 is 9.59 Å². The molecule has 0 bridgehead atoms. The molecule has 5 nitrogen and oxygen atoms in total. The fourth-order valence-corrected chi connectivity index (χ4v) is 1.12. The molecular formula is C7H9N3O2. The van der Waals surface area contributed by atoms with Gasteiger partial charge in [0.05, 0.1) is 6.04 Å². The van der Waals surface area contributed by atoms with E-state index in [1.165, 1.54) is 6.42 Å². The molecule has 0 radical (unpaired) electrons. The first kappa shape index (κ1) is 7.27. The van der Waals surface area contributed by atoms with Gasteiger partial charge in [-0.2, -0.15) is 0 Å². The van der Waals surface area contributed by atoms with E-state index in [0.29, 0.717) is 12.0 Å². The first-order chi connectivity index (χ1) is 5.75. The second kappa shape index (κ2) is 2.58. The Morgan fingerprint density at radius 1 is 1.17 bits per heavy atom. The van der Waals surface area contributed by atoms with E-state index >= 15 is 0 Å². The maximum atomic E-state index is 10.7. The molecule has 0 atom stereocenters. The van der Waals surface area contributed by atoms with Crippen LogP contribution in [0.4, 0.5) is 0 Å². The van der Waals surface area contributed by atoms with Crippen LogP contribution in [-0.2, 0) is 9.59 Å². The van der Waals surface area contributed by atoms with Crippen LogP contribution in [0.1, 0.15) is 19.3 Å². The van der Waals surface area contributed by atoms with E-state index in [1.807, 2.05) is 0 Å². The maximum absolute atomic E-state index is 10.7. The number of guanidine groups is 1. The van der Waals surface area contributed by atoms with Gasteiger partial charge < -0.3 is 0 Å². The molecule has 0 spiro atoms. The number of rotatable bonds is 1. The molecule has 1 heterocycles. The van der Waals surface area contributed by atoms with Crippen LogP contribution < -0.4 is 10.6 Å². The van der Waals surface area contributed by atoms with Crippen molar-refractivity contribution in [1.29, 1.82) is 0 Å². The summed E-state index contributed by atoms with van der Waals surface area (Å²) < 4.78 is 0. The standard InChI is InChI=1S/C7H9N3O2/c11-5-6(12)10-7(9-5)8-4-2-1-3-4/h4H,1-3H2,(H2,8,9,10,11,12). The van der Waals surface area contributed by atoms with Gasteiger partial charge in [-0.05, 0) is 19.3 Å². The Kier molecular flexibility index (Phi) is 1.56. The van der Waals surface area contributed by atoms with Gasteiger partial charge in [-0.1, -0.05) is 0 Å². The van der Waals surface area contributed by atoms with Crippen LogP contribution in [0.5, 0.6) is 0 Å². The predicted molar refractivity (Wildman–Crippen MR) is 41.4 cm³/mol. The molecule has 1 aliphatic heterocycles. The molecule has 64 valence electrons. The van der Waals surface area contributed by atoms with Crippen molar-refractivity contribution in [1.82, 2.24) is 10.6 Å². The van der Waals surface area contributed by atoms with Gasteiger partial charge in [0.1, 0.15) is 0 Å². The fourth-order valence-electron chi connectivity index (χ4n) is 1.12. The summed E-state index contributed by atoms with van der Waals surface area (Å²) in [6.45, 7) is 0. The number of hydrogen-bond donors (Lipinski definition) is 2. The van der Waals surface area contributed by atoms with E-state index < -0.39 is 11.8 Å². The van der Waals surface area contributed by atoms with Crippen LogP contribution in [0.3, 0.4) is 0 Å². The van der Waals surface area contributed by atoms with E-state index in [2.05, 4.69) is 15.6 Å². The summed E-state index contributed by atoms with van der Waals surface area (Å²) >= 11 is 0. The molecule has 12 heavy (non-hydrogen) atoms. The van der Waals surface area contributed by atoms with Crippen LogP contribution in [0, 0.1) is 0 Å². The summed E-state index contributed by atoms with van der Waals surface area (Å²) in [4.78, 5) is 25.5. The van der Waals surface area contributed by atoms with Gasteiger partial charge in [0.2, 0.25) is 5.96 Å². The molecule has 1 aliphatic carbocycles. The molecule has 2 N–H and O–H groups in total. The molecule has 2 rings (SSSR count). The van der Waals surface area contributed by atoms with Gasteiger partial charge >= 0.3 is 11.8 Å². The molecule has 2 fully saturated rings. The van der Waals surface area contributed by atoms with Crippen molar-refractivity contribution >= 4 is 17.8 Å². The molecule has 0 aromatic carbocycles. The van der Waals surface area contributed by atoms with Crippen molar-refractivity contribution in [2.24, 2.45) is 4.99 Å². The van der Waals surface area contributed by atoms with Gasteiger partial charge in [-0.3, -0.25) is 20.2 Å². The monoisotopic (exact) mass is 167 g/mol. The van der Waals surface area contributed by atoms with E-state index in [9.17, 15) is 9.59 Å². The predicted octanol–water partition coefficient (Wildman–Crippen LogP) is -0.859. The number of aliphatic imine (C=N–C) groups is 1. The quantitative estimate of drug-likeness (QED) is 0.499. The van der Waals surface area contributed by atoms with Crippen LogP contribution in [0.25, 0.3) is 0 Å². The Morgan fingerprint density at radius 3 is 2.17 bits per heavy atom. The van der Waals surface area contributed by atoms with Crippen molar-refractivity contribution in [3.63, 3.8) is 0 Å². The third-order valence-electron chi connectivity index (χ3n) is 2.06. The lowest BCUT2D eigenvalue weighted by Crippen LogP contribution is -2.29. The minimum atomic E-state index is -0.618. The van der Waals surface area contributed by atoms with Crippen LogP contribution in [0.15, 0.2) is 4.99 Å². The zero-order chi connectivity index (χ0) is 8.55. The van der Waals surface area contributed by atoms with E-state index in [-0.39, 0.29) is 0 Å². The highest BCUT2D eigenvalue weighted by Gasteiger charge is 2.27. The van der Waals surface area contributed by atoms with Gasteiger partial charge in [0, 0.05) is 0 Å². The minimum Gasteiger partial charge on any atom is -0.288 e. The number of hydrogen-bond acceptors (Lipinski definition) is 3. The largest absolute Gasteiger partial charge is 0.316 e. The van der Waals surface area contributed by atoms with Crippen LogP contribution in [-0.4, -0.2) is 23.8 Å². The summed E-state index contributed by atoms with van der Waals surface area (Å²) in [5.41, 5.74) is 0. The zero-order valence-corrected chi connectivity index (χ0v) is 6.46. The zero-order valence-electron chi connectivity index (χ0n) is 6.46. The minimum absolute atomic E-state index is 0.290. The molecule has 1 saturated heterocycles. The maximum Gasteiger partial charge on any atom is 0.316 e. The lowest BCUT2D eigenvalue weighted by molar-refractivity contribution is -0.135. The molecule has 1 saturated carbocycles. The Labute approximate surface area is 69.2 Å². The van der Waals surface area contributed by atoms with Gasteiger partial charge in [-0.25, -0.2) is 4.99 Å². The molecule has 2 amide bonds. The molecule has 2 aliphatic rings. The van der Waals surface area contributed by atoms with Gasteiger partial charge in [0.25, 0.3) is 0 Å². The fraction of sp³-hybridized carbons (Fsp3) is 0.571. The molecular weight excluding hydrogens is 158 g/mol. The SMILES string of the molecule is O=C1NC(=NC2CCC2)NC1=O. The van der Waals surface area contributed by atoms with E-state index in [0.717, 1.165) is 12.8 Å². The number of nitrogens with one attached hydrogen (secondary N) is 2. The smallest absolute Gasteiger partial charge is 0.288 e. The molecule has 0 unspecified atom stereocenters. The second-order valence-electron chi connectivity index (χ2n) is 2.97. The summed E-state index contributed by atoms with van der Waals surface area (Å²) in [6, 6.07) is 0.290. The number of amides is 2. The van der Waals surface area contributed by atoms with Crippen molar-refractivity contribution in [3.8, 4) is 0 Å². The molecule has 5 heteroatoms. The third-order valence-corrected chi connectivity index (χ3v) is 2.06. The third kappa shape index (κ3) is 1.17. The lowest BCUT2D eigenvalue weighted by atomic mass is 9.94. The highest BCUT2D eigenvalue weighted by atomic mass is 16.2. The molecule has 0 aromatic heterocycles. The Morgan fingerprint density at radius 2 is 1.75 bits per heavy atom. The molecule has 0 aromatic rings. The summed E-state index contributed by atoms with van der Waals surface area (Å²) in [5.74, 6) is -0.921. The van der Waals surface area contributed by atoms with Gasteiger partial charge in [-0.15, -0.1) is 0 Å². The second-order valence-corrected chi connectivity index (χ2v) is 2.97. The average Bonchev–Trinajstić information content (AvgIpc) is 2.24. The summed E-state index contributed by atoms with van der Waals surface area (Å²) in [6.07, 6.45) is 3.29. The van der Waals surface area contributed by atoms with Crippen molar-refractivity contribution in [3.05, 3.63) is 0 Å². The topological polar surface area (TPSA) is 70.6 Å². The van der Waals surface area contributed by atoms with E-state index in [1.54, 1.807) is 0 Å². The van der Waals surface area contributed by atoms with Crippen LogP contribution in [0.2, 0.25) is 0 Å².